The van der Waals surface area contributed by atoms with Gasteiger partial charge in [0.2, 0.25) is 0 Å². The second-order valence-corrected chi connectivity index (χ2v) is 5.40. The number of rotatable bonds is 4. The van der Waals surface area contributed by atoms with Gasteiger partial charge >= 0.3 is 12.3 Å². The highest BCUT2D eigenvalue weighted by atomic mass is 32.2. The van der Waals surface area contributed by atoms with Crippen LogP contribution in [0, 0.1) is 0 Å². The summed E-state index contributed by atoms with van der Waals surface area (Å²) in [6.45, 7) is 1.65. The van der Waals surface area contributed by atoms with Crippen LogP contribution in [0.2, 0.25) is 0 Å². The van der Waals surface area contributed by atoms with Crippen LogP contribution in [0.3, 0.4) is 0 Å². The van der Waals surface area contributed by atoms with E-state index in [1.807, 2.05) is 0 Å². The fourth-order valence-corrected chi connectivity index (χ4v) is 2.50. The van der Waals surface area contributed by atoms with E-state index in [2.05, 4.69) is 12.2 Å². The summed E-state index contributed by atoms with van der Waals surface area (Å²) in [6, 6.07) is 8.76. The van der Waals surface area contributed by atoms with Crippen LogP contribution >= 0.6 is 24.0 Å². The van der Waals surface area contributed by atoms with Gasteiger partial charge in [0, 0.05) is 5.25 Å². The minimum atomic E-state index is -4.22. The molecule has 0 heterocycles. The third-order valence-electron chi connectivity index (χ3n) is 2.10. The van der Waals surface area contributed by atoms with E-state index in [9.17, 15) is 17.6 Å². The monoisotopic (exact) mass is 282 g/mol. The van der Waals surface area contributed by atoms with Gasteiger partial charge < -0.3 is 0 Å². The molecule has 0 aromatic heterocycles. The quantitative estimate of drug-likeness (QED) is 0.579. The Labute approximate surface area is 106 Å². The first-order chi connectivity index (χ1) is 7.85. The molecule has 0 aliphatic heterocycles. The standard InChI is InChI=1S/C11H10F4S2/c1-7(8-5-3-2-4-6-8)17-10(16)11(14,15)9(12)13/h2-7,9H,1H3/t7-/m1/s1. The number of hydrogen-bond donors (Lipinski definition) is 0. The van der Waals surface area contributed by atoms with E-state index in [0.29, 0.717) is 11.8 Å². The molecule has 0 unspecified atom stereocenters. The average Bonchev–Trinajstić information content (AvgIpc) is 2.29. The summed E-state index contributed by atoms with van der Waals surface area (Å²) in [4.78, 5) is 0. The Hall–Kier alpha value is -0.620. The fraction of sp³-hybridized carbons (Fsp3) is 0.364. The minimum absolute atomic E-state index is 0.381. The van der Waals surface area contributed by atoms with Crippen molar-refractivity contribution in [2.45, 2.75) is 24.5 Å². The van der Waals surface area contributed by atoms with Crippen molar-refractivity contribution in [3.63, 3.8) is 0 Å². The van der Waals surface area contributed by atoms with E-state index in [1.54, 1.807) is 37.3 Å². The van der Waals surface area contributed by atoms with E-state index in [4.69, 9.17) is 0 Å². The maximum Gasteiger partial charge on any atom is 0.348 e. The lowest BCUT2D eigenvalue weighted by Crippen LogP contribution is -2.33. The number of thioether (sulfide) groups is 1. The first kappa shape index (κ1) is 14.4. The molecule has 17 heavy (non-hydrogen) atoms. The third-order valence-corrected chi connectivity index (χ3v) is 3.77. The third kappa shape index (κ3) is 3.67. The summed E-state index contributed by atoms with van der Waals surface area (Å²) < 4.78 is 49.0. The van der Waals surface area contributed by atoms with E-state index in [-0.39, 0.29) is 5.25 Å². The Balaban J connectivity index is 2.70. The topological polar surface area (TPSA) is 0 Å². The molecule has 1 atom stereocenters. The highest BCUT2D eigenvalue weighted by Crippen LogP contribution is 2.37. The molecule has 0 aliphatic rings. The van der Waals surface area contributed by atoms with Crippen LogP contribution in [0.4, 0.5) is 17.6 Å². The summed E-state index contributed by atoms with van der Waals surface area (Å²) in [7, 11) is 0. The zero-order chi connectivity index (χ0) is 13.1. The summed E-state index contributed by atoms with van der Waals surface area (Å²) >= 11 is 4.96. The summed E-state index contributed by atoms with van der Waals surface area (Å²) in [6.07, 6.45) is -3.76. The molecule has 1 rings (SSSR count). The lowest BCUT2D eigenvalue weighted by atomic mass is 10.2. The molecule has 1 aromatic rings. The van der Waals surface area contributed by atoms with Crippen molar-refractivity contribution >= 4 is 28.2 Å². The van der Waals surface area contributed by atoms with Crippen LogP contribution in [0.25, 0.3) is 0 Å². The Bertz CT molecular complexity index is 378. The van der Waals surface area contributed by atoms with Crippen LogP contribution in [-0.4, -0.2) is 16.5 Å². The molecule has 0 aliphatic carbocycles. The SMILES string of the molecule is C[C@@H](SC(=S)C(F)(F)C(F)F)c1ccccc1. The van der Waals surface area contributed by atoms with E-state index < -0.39 is 16.5 Å². The van der Waals surface area contributed by atoms with E-state index in [0.717, 1.165) is 5.56 Å². The maximum absolute atomic E-state index is 12.9. The van der Waals surface area contributed by atoms with Gasteiger partial charge in [-0.05, 0) is 12.5 Å². The van der Waals surface area contributed by atoms with Gasteiger partial charge in [-0.2, -0.15) is 8.78 Å². The van der Waals surface area contributed by atoms with Crippen molar-refractivity contribution in [1.29, 1.82) is 0 Å². The predicted molar refractivity (Wildman–Crippen MR) is 66.0 cm³/mol. The van der Waals surface area contributed by atoms with Gasteiger partial charge in [-0.25, -0.2) is 8.78 Å². The first-order valence-corrected chi connectivity index (χ1v) is 6.06. The molecule has 0 fully saturated rings. The molecule has 6 heteroatoms. The van der Waals surface area contributed by atoms with Crippen molar-refractivity contribution in [3.05, 3.63) is 35.9 Å². The minimum Gasteiger partial charge on any atom is -0.203 e. The van der Waals surface area contributed by atoms with Crippen LogP contribution in [-0.2, 0) is 0 Å². The van der Waals surface area contributed by atoms with E-state index >= 15 is 0 Å². The zero-order valence-electron chi connectivity index (χ0n) is 8.87. The van der Waals surface area contributed by atoms with Crippen LogP contribution < -0.4 is 0 Å². The van der Waals surface area contributed by atoms with Crippen LogP contribution in [0.5, 0.6) is 0 Å². The van der Waals surface area contributed by atoms with Gasteiger partial charge in [-0.15, -0.1) is 11.8 Å². The maximum atomic E-state index is 12.9. The molecule has 0 nitrogen and oxygen atoms in total. The molecule has 0 amide bonds. The lowest BCUT2D eigenvalue weighted by molar-refractivity contribution is -0.0710. The molecule has 0 radical (unpaired) electrons. The summed E-state index contributed by atoms with van der Waals surface area (Å²) in [5, 5.41) is -0.381. The Morgan fingerprint density at radius 2 is 1.76 bits per heavy atom. The van der Waals surface area contributed by atoms with Gasteiger partial charge in [-0.1, -0.05) is 42.5 Å². The molecular formula is C11H10F4S2. The number of halogens is 4. The number of alkyl halides is 4. The Morgan fingerprint density at radius 3 is 2.24 bits per heavy atom. The van der Waals surface area contributed by atoms with Crippen LogP contribution in [0.1, 0.15) is 17.7 Å². The van der Waals surface area contributed by atoms with Crippen molar-refractivity contribution in [3.8, 4) is 0 Å². The molecule has 94 valence electrons. The van der Waals surface area contributed by atoms with Gasteiger partial charge in [0.25, 0.3) is 0 Å². The second-order valence-electron chi connectivity index (χ2n) is 3.38. The average molecular weight is 282 g/mol. The smallest absolute Gasteiger partial charge is 0.203 e. The zero-order valence-corrected chi connectivity index (χ0v) is 10.5. The van der Waals surface area contributed by atoms with Crippen LogP contribution in [0.15, 0.2) is 30.3 Å². The molecule has 0 N–H and O–H groups in total. The highest BCUT2D eigenvalue weighted by Gasteiger charge is 2.46. The Kier molecular flexibility index (Phi) is 4.94. The van der Waals surface area contributed by atoms with Crippen molar-refractivity contribution in [2.24, 2.45) is 0 Å². The number of benzene rings is 1. The number of thiocarbonyl (C=S) groups is 1. The molecule has 1 aromatic carbocycles. The molecule has 0 spiro atoms. The first-order valence-electron chi connectivity index (χ1n) is 4.77. The largest absolute Gasteiger partial charge is 0.348 e. The van der Waals surface area contributed by atoms with Crippen molar-refractivity contribution < 1.29 is 17.6 Å². The lowest BCUT2D eigenvalue weighted by Gasteiger charge is -2.19. The van der Waals surface area contributed by atoms with Gasteiger partial charge in [0.15, 0.2) is 0 Å². The summed E-state index contributed by atoms with van der Waals surface area (Å²) in [5.74, 6) is -4.22. The van der Waals surface area contributed by atoms with Gasteiger partial charge in [-0.3, -0.25) is 0 Å². The normalized spacial score (nSPS) is 13.8. The van der Waals surface area contributed by atoms with Crippen molar-refractivity contribution in [1.82, 2.24) is 0 Å². The predicted octanol–water partition coefficient (Wildman–Crippen LogP) is 4.71. The fourth-order valence-electron chi connectivity index (χ4n) is 1.12. The van der Waals surface area contributed by atoms with Gasteiger partial charge in [0.1, 0.15) is 4.20 Å². The Morgan fingerprint density at radius 1 is 1.24 bits per heavy atom. The molecule has 0 bridgehead atoms. The second kappa shape index (κ2) is 5.82. The van der Waals surface area contributed by atoms with Crippen molar-refractivity contribution in [2.75, 3.05) is 0 Å². The highest BCUT2D eigenvalue weighted by molar-refractivity contribution is 8.23. The van der Waals surface area contributed by atoms with Gasteiger partial charge in [0.05, 0.1) is 0 Å². The summed E-state index contributed by atoms with van der Waals surface area (Å²) in [5.41, 5.74) is 0.768. The number of hydrogen-bond acceptors (Lipinski definition) is 2. The molecule has 0 saturated heterocycles. The molecule has 0 saturated carbocycles. The van der Waals surface area contributed by atoms with E-state index in [1.165, 1.54) is 0 Å². The molecular weight excluding hydrogens is 272 g/mol.